The van der Waals surface area contributed by atoms with E-state index in [1.807, 2.05) is 11.3 Å². The number of nitrogens with one attached hydrogen (secondary N) is 1. The van der Waals surface area contributed by atoms with Crippen molar-refractivity contribution in [2.75, 3.05) is 6.54 Å². The molecule has 1 heterocycles. The van der Waals surface area contributed by atoms with Crippen LogP contribution in [-0.2, 0) is 6.54 Å². The Morgan fingerprint density at radius 3 is 2.72 bits per heavy atom. The molecule has 1 nitrogen and oxygen atoms in total. The smallest absolute Gasteiger partial charge is 0.0346 e. The van der Waals surface area contributed by atoms with E-state index in [9.17, 15) is 0 Å². The Kier molecular flexibility index (Phi) is 5.18. The van der Waals surface area contributed by atoms with E-state index in [0.717, 1.165) is 19.5 Å². The Hall–Kier alpha value is -1.38. The topological polar surface area (TPSA) is 12.0 Å². The monoisotopic (exact) mass is 257 g/mol. The summed E-state index contributed by atoms with van der Waals surface area (Å²) < 4.78 is 0. The van der Waals surface area contributed by atoms with E-state index in [1.165, 1.54) is 15.3 Å². The SMILES string of the molecule is C/C=C/CCNCc1ccc(-c2ccccc2)s1. The first-order valence-electron chi connectivity index (χ1n) is 6.36. The summed E-state index contributed by atoms with van der Waals surface area (Å²) in [5.41, 5.74) is 1.31. The molecule has 0 amide bonds. The Morgan fingerprint density at radius 2 is 1.94 bits per heavy atom. The number of thiophene rings is 1. The zero-order valence-corrected chi connectivity index (χ0v) is 11.5. The highest BCUT2D eigenvalue weighted by Gasteiger charge is 2.01. The van der Waals surface area contributed by atoms with Crippen molar-refractivity contribution in [2.45, 2.75) is 19.9 Å². The van der Waals surface area contributed by atoms with Crippen molar-refractivity contribution in [1.29, 1.82) is 0 Å². The summed E-state index contributed by atoms with van der Waals surface area (Å²) in [7, 11) is 0. The highest BCUT2D eigenvalue weighted by Crippen LogP contribution is 2.27. The van der Waals surface area contributed by atoms with E-state index >= 15 is 0 Å². The Morgan fingerprint density at radius 1 is 1.11 bits per heavy atom. The molecule has 0 radical (unpaired) electrons. The molecule has 1 aromatic heterocycles. The van der Waals surface area contributed by atoms with E-state index < -0.39 is 0 Å². The predicted octanol–water partition coefficient (Wildman–Crippen LogP) is 4.47. The van der Waals surface area contributed by atoms with Crippen molar-refractivity contribution < 1.29 is 0 Å². The highest BCUT2D eigenvalue weighted by molar-refractivity contribution is 7.15. The van der Waals surface area contributed by atoms with Gasteiger partial charge >= 0.3 is 0 Å². The van der Waals surface area contributed by atoms with Gasteiger partial charge in [-0.1, -0.05) is 42.5 Å². The molecule has 2 heteroatoms. The first kappa shape index (κ1) is 13.1. The number of rotatable bonds is 6. The van der Waals surface area contributed by atoms with Crippen molar-refractivity contribution in [3.8, 4) is 10.4 Å². The van der Waals surface area contributed by atoms with Gasteiger partial charge in [0.15, 0.2) is 0 Å². The largest absolute Gasteiger partial charge is 0.312 e. The third-order valence-electron chi connectivity index (χ3n) is 2.74. The molecule has 2 rings (SSSR count). The molecule has 0 aliphatic rings. The lowest BCUT2D eigenvalue weighted by Crippen LogP contribution is -2.12. The standard InChI is InChI=1S/C16H19NS/c1-2-3-7-12-17-13-15-10-11-16(18-15)14-8-5-4-6-9-14/h2-6,8-11,17H,7,12-13H2,1H3/b3-2+. The van der Waals surface area contributed by atoms with Crippen molar-refractivity contribution in [3.63, 3.8) is 0 Å². The molecule has 94 valence electrons. The normalized spacial score (nSPS) is 11.2. The summed E-state index contributed by atoms with van der Waals surface area (Å²) in [5, 5.41) is 3.46. The molecule has 0 atom stereocenters. The van der Waals surface area contributed by atoms with Gasteiger partial charge in [0.25, 0.3) is 0 Å². The van der Waals surface area contributed by atoms with Gasteiger partial charge in [-0.25, -0.2) is 0 Å². The van der Waals surface area contributed by atoms with Gasteiger partial charge in [0, 0.05) is 16.3 Å². The molecule has 0 aliphatic heterocycles. The van der Waals surface area contributed by atoms with Crippen LogP contribution in [0.15, 0.2) is 54.6 Å². The Balaban J connectivity index is 1.87. The lowest BCUT2D eigenvalue weighted by atomic mass is 10.2. The number of hydrogen-bond acceptors (Lipinski definition) is 2. The number of benzene rings is 1. The summed E-state index contributed by atoms with van der Waals surface area (Å²) in [6, 6.07) is 15.0. The highest BCUT2D eigenvalue weighted by atomic mass is 32.1. The van der Waals surface area contributed by atoms with Crippen LogP contribution in [0.5, 0.6) is 0 Å². The molecule has 0 fully saturated rings. The summed E-state index contributed by atoms with van der Waals surface area (Å²) in [4.78, 5) is 2.75. The molecule has 0 saturated heterocycles. The molecule has 0 saturated carbocycles. The lowest BCUT2D eigenvalue weighted by Gasteiger charge is -1.99. The maximum Gasteiger partial charge on any atom is 0.0346 e. The van der Waals surface area contributed by atoms with E-state index in [-0.39, 0.29) is 0 Å². The molecule has 18 heavy (non-hydrogen) atoms. The molecular weight excluding hydrogens is 238 g/mol. The molecular formula is C16H19NS. The Bertz CT molecular complexity index is 485. The average Bonchev–Trinajstić information content (AvgIpc) is 2.88. The zero-order chi connectivity index (χ0) is 12.6. The van der Waals surface area contributed by atoms with Crippen molar-refractivity contribution in [1.82, 2.24) is 5.32 Å². The molecule has 0 bridgehead atoms. The maximum atomic E-state index is 3.46. The fourth-order valence-electron chi connectivity index (χ4n) is 1.79. The van der Waals surface area contributed by atoms with E-state index in [2.05, 4.69) is 66.9 Å². The van der Waals surface area contributed by atoms with Crippen molar-refractivity contribution >= 4 is 11.3 Å². The van der Waals surface area contributed by atoms with Crippen LogP contribution in [-0.4, -0.2) is 6.54 Å². The minimum Gasteiger partial charge on any atom is -0.312 e. The number of allylic oxidation sites excluding steroid dienone is 1. The minimum atomic E-state index is 0.967. The van der Waals surface area contributed by atoms with Crippen LogP contribution < -0.4 is 5.32 Å². The number of hydrogen-bond donors (Lipinski definition) is 1. The molecule has 1 N–H and O–H groups in total. The van der Waals surface area contributed by atoms with E-state index in [1.54, 1.807) is 0 Å². The summed E-state index contributed by atoms with van der Waals surface area (Å²) in [6.45, 7) is 4.07. The molecule has 0 unspecified atom stereocenters. The fourth-order valence-corrected chi connectivity index (χ4v) is 2.78. The van der Waals surface area contributed by atoms with Gasteiger partial charge in [-0.3, -0.25) is 0 Å². The Labute approximate surface area is 113 Å². The van der Waals surface area contributed by atoms with Crippen LogP contribution in [0, 0.1) is 0 Å². The van der Waals surface area contributed by atoms with Crippen molar-refractivity contribution in [2.24, 2.45) is 0 Å². The first-order chi connectivity index (χ1) is 8.90. The third kappa shape index (κ3) is 3.83. The average molecular weight is 257 g/mol. The van der Waals surface area contributed by atoms with Gasteiger partial charge in [0.05, 0.1) is 0 Å². The fraction of sp³-hybridized carbons (Fsp3) is 0.250. The van der Waals surface area contributed by atoms with Gasteiger partial charge in [0.2, 0.25) is 0 Å². The maximum absolute atomic E-state index is 3.46. The van der Waals surface area contributed by atoms with Gasteiger partial charge < -0.3 is 5.32 Å². The first-order valence-corrected chi connectivity index (χ1v) is 7.18. The zero-order valence-electron chi connectivity index (χ0n) is 10.7. The minimum absolute atomic E-state index is 0.967. The van der Waals surface area contributed by atoms with Crippen LogP contribution in [0.2, 0.25) is 0 Å². The molecule has 0 spiro atoms. The van der Waals surface area contributed by atoms with Gasteiger partial charge in [-0.15, -0.1) is 11.3 Å². The van der Waals surface area contributed by atoms with Gasteiger partial charge in [-0.2, -0.15) is 0 Å². The van der Waals surface area contributed by atoms with Crippen LogP contribution in [0.3, 0.4) is 0 Å². The molecule has 1 aromatic carbocycles. The van der Waals surface area contributed by atoms with E-state index in [0.29, 0.717) is 0 Å². The molecule has 2 aromatic rings. The van der Waals surface area contributed by atoms with Crippen LogP contribution >= 0.6 is 11.3 Å². The van der Waals surface area contributed by atoms with Gasteiger partial charge in [-0.05, 0) is 37.6 Å². The van der Waals surface area contributed by atoms with Crippen LogP contribution in [0.25, 0.3) is 10.4 Å². The summed E-state index contributed by atoms with van der Waals surface area (Å²) in [6.07, 6.45) is 5.39. The quantitative estimate of drug-likeness (QED) is 0.594. The van der Waals surface area contributed by atoms with Crippen LogP contribution in [0.4, 0.5) is 0 Å². The second-order valence-corrected chi connectivity index (χ2v) is 5.33. The second-order valence-electron chi connectivity index (χ2n) is 4.17. The van der Waals surface area contributed by atoms with Gasteiger partial charge in [0.1, 0.15) is 0 Å². The molecule has 0 aliphatic carbocycles. The summed E-state index contributed by atoms with van der Waals surface area (Å²) in [5.74, 6) is 0. The lowest BCUT2D eigenvalue weighted by molar-refractivity contribution is 0.702. The van der Waals surface area contributed by atoms with Crippen LogP contribution in [0.1, 0.15) is 18.2 Å². The second kappa shape index (κ2) is 7.14. The third-order valence-corrected chi connectivity index (χ3v) is 3.88. The van der Waals surface area contributed by atoms with E-state index in [4.69, 9.17) is 0 Å². The predicted molar refractivity (Wildman–Crippen MR) is 80.9 cm³/mol. The van der Waals surface area contributed by atoms with Crippen molar-refractivity contribution in [3.05, 3.63) is 59.5 Å². The summed E-state index contributed by atoms with van der Waals surface area (Å²) >= 11 is 1.87.